The van der Waals surface area contributed by atoms with Gasteiger partial charge < -0.3 is 10.1 Å². The molecule has 1 fully saturated rings. The van der Waals surface area contributed by atoms with Crippen molar-refractivity contribution in [2.75, 3.05) is 7.11 Å². The molecule has 0 bridgehead atoms. The number of methoxy groups -OCH3 is 1. The van der Waals surface area contributed by atoms with Crippen molar-refractivity contribution >= 4 is 5.97 Å². The summed E-state index contributed by atoms with van der Waals surface area (Å²) in [6, 6.07) is 1.07. The zero-order chi connectivity index (χ0) is 11.4. The summed E-state index contributed by atoms with van der Waals surface area (Å²) in [5, 5.41) is 3.55. The lowest BCUT2D eigenvalue weighted by Crippen LogP contribution is -2.45. The van der Waals surface area contributed by atoms with Crippen LogP contribution in [0.2, 0.25) is 0 Å². The maximum Gasteiger partial charge on any atom is 0.308 e. The van der Waals surface area contributed by atoms with Gasteiger partial charge in [-0.3, -0.25) is 4.79 Å². The lowest BCUT2D eigenvalue weighted by molar-refractivity contribution is -0.145. The van der Waals surface area contributed by atoms with Gasteiger partial charge in [0, 0.05) is 12.1 Å². The molecule has 0 aliphatic heterocycles. The van der Waals surface area contributed by atoms with E-state index in [9.17, 15) is 4.79 Å². The fourth-order valence-corrected chi connectivity index (χ4v) is 2.34. The van der Waals surface area contributed by atoms with Crippen molar-refractivity contribution in [2.24, 2.45) is 11.8 Å². The van der Waals surface area contributed by atoms with E-state index in [-0.39, 0.29) is 11.9 Å². The minimum atomic E-state index is -0.106. The van der Waals surface area contributed by atoms with Gasteiger partial charge in [0.05, 0.1) is 13.0 Å². The van der Waals surface area contributed by atoms with Crippen LogP contribution in [0.15, 0.2) is 0 Å². The maximum atomic E-state index is 11.2. The summed E-state index contributed by atoms with van der Waals surface area (Å²) in [4.78, 5) is 11.2. The summed E-state index contributed by atoms with van der Waals surface area (Å²) in [6.45, 7) is 6.34. The normalized spacial score (nSPS) is 29.1. The van der Waals surface area contributed by atoms with E-state index >= 15 is 0 Å². The quantitative estimate of drug-likeness (QED) is 0.709. The summed E-state index contributed by atoms with van der Waals surface area (Å²) in [5.41, 5.74) is 0. The van der Waals surface area contributed by atoms with Gasteiger partial charge in [0.25, 0.3) is 0 Å². The van der Waals surface area contributed by atoms with E-state index in [0.29, 0.717) is 12.1 Å². The summed E-state index contributed by atoms with van der Waals surface area (Å²) >= 11 is 0. The molecule has 3 heteroatoms. The van der Waals surface area contributed by atoms with E-state index in [2.05, 4.69) is 19.2 Å². The Labute approximate surface area is 92.6 Å². The highest BCUT2D eigenvalue weighted by atomic mass is 16.5. The Hall–Kier alpha value is -0.570. The molecule has 1 saturated carbocycles. The highest BCUT2D eigenvalue weighted by molar-refractivity contribution is 5.71. The number of hydrogen-bond acceptors (Lipinski definition) is 3. The minimum absolute atomic E-state index is 0.00463. The minimum Gasteiger partial charge on any atom is -0.469 e. The molecule has 0 aromatic carbocycles. The maximum absolute atomic E-state index is 11.2. The molecule has 1 aliphatic carbocycles. The summed E-state index contributed by atoms with van der Waals surface area (Å²) < 4.78 is 4.71. The second kappa shape index (κ2) is 5.50. The zero-order valence-corrected chi connectivity index (χ0v) is 10.2. The first-order chi connectivity index (χ1) is 7.02. The van der Waals surface area contributed by atoms with Crippen LogP contribution in [0.5, 0.6) is 0 Å². The van der Waals surface area contributed by atoms with Crippen LogP contribution in [0.1, 0.15) is 40.0 Å². The predicted molar refractivity (Wildman–Crippen MR) is 60.6 cm³/mol. The smallest absolute Gasteiger partial charge is 0.308 e. The van der Waals surface area contributed by atoms with Crippen molar-refractivity contribution in [2.45, 2.75) is 52.1 Å². The summed E-state index contributed by atoms with van der Waals surface area (Å²) in [6.07, 6.45) is 3.41. The van der Waals surface area contributed by atoms with Crippen LogP contribution < -0.4 is 5.32 Å². The number of carbonyl (C=O) groups excluding carboxylic acids is 1. The molecule has 1 N–H and O–H groups in total. The van der Waals surface area contributed by atoms with Crippen LogP contribution in [0.4, 0.5) is 0 Å². The molecule has 1 rings (SSSR count). The third-order valence-corrected chi connectivity index (χ3v) is 3.20. The SMILES string of the molecule is COC(=O)C(C)CC(C)NC1CC(C)C1. The number of carbonyl (C=O) groups is 1. The second-order valence-electron chi connectivity index (χ2n) is 5.00. The molecule has 0 saturated heterocycles. The Morgan fingerprint density at radius 1 is 1.47 bits per heavy atom. The molecular formula is C12H23NO2. The standard InChI is InChI=1S/C12H23NO2/c1-8-5-11(6-8)13-10(3)7-9(2)12(14)15-4/h8-11,13H,5-7H2,1-4H3. The van der Waals surface area contributed by atoms with Gasteiger partial charge in [-0.25, -0.2) is 0 Å². The van der Waals surface area contributed by atoms with Gasteiger partial charge >= 0.3 is 5.97 Å². The molecule has 0 aromatic rings. The van der Waals surface area contributed by atoms with Crippen LogP contribution in [0.3, 0.4) is 0 Å². The highest BCUT2D eigenvalue weighted by Gasteiger charge is 2.27. The van der Waals surface area contributed by atoms with Gasteiger partial charge in [0.1, 0.15) is 0 Å². The number of hydrogen-bond donors (Lipinski definition) is 1. The van der Waals surface area contributed by atoms with Gasteiger partial charge in [-0.2, -0.15) is 0 Å². The number of rotatable bonds is 5. The van der Waals surface area contributed by atoms with Crippen molar-refractivity contribution in [3.8, 4) is 0 Å². The first kappa shape index (κ1) is 12.5. The molecule has 0 aromatic heterocycles. The van der Waals surface area contributed by atoms with E-state index in [1.54, 1.807) is 0 Å². The van der Waals surface area contributed by atoms with Gasteiger partial charge in [0.2, 0.25) is 0 Å². The number of esters is 1. The van der Waals surface area contributed by atoms with Crippen molar-refractivity contribution in [3.05, 3.63) is 0 Å². The van der Waals surface area contributed by atoms with Gasteiger partial charge in [0.15, 0.2) is 0 Å². The van der Waals surface area contributed by atoms with Crippen LogP contribution in [-0.2, 0) is 9.53 Å². The monoisotopic (exact) mass is 213 g/mol. The largest absolute Gasteiger partial charge is 0.469 e. The van der Waals surface area contributed by atoms with Crippen LogP contribution in [0, 0.1) is 11.8 Å². The Balaban J connectivity index is 2.17. The van der Waals surface area contributed by atoms with E-state index < -0.39 is 0 Å². The van der Waals surface area contributed by atoms with E-state index in [1.807, 2.05) is 6.92 Å². The lowest BCUT2D eigenvalue weighted by Gasteiger charge is -2.36. The molecule has 1 aliphatic rings. The van der Waals surface area contributed by atoms with Crippen LogP contribution in [-0.4, -0.2) is 25.2 Å². The summed E-state index contributed by atoms with van der Waals surface area (Å²) in [7, 11) is 1.45. The molecule has 0 radical (unpaired) electrons. The van der Waals surface area contributed by atoms with Crippen LogP contribution >= 0.6 is 0 Å². The lowest BCUT2D eigenvalue weighted by atomic mass is 9.81. The first-order valence-electron chi connectivity index (χ1n) is 5.86. The average Bonchev–Trinajstić information content (AvgIpc) is 2.14. The van der Waals surface area contributed by atoms with E-state index in [0.717, 1.165) is 12.3 Å². The van der Waals surface area contributed by atoms with Gasteiger partial charge in [-0.15, -0.1) is 0 Å². The molecule has 0 amide bonds. The Morgan fingerprint density at radius 3 is 2.53 bits per heavy atom. The fraction of sp³-hybridized carbons (Fsp3) is 0.917. The third-order valence-electron chi connectivity index (χ3n) is 3.20. The molecule has 15 heavy (non-hydrogen) atoms. The van der Waals surface area contributed by atoms with Crippen molar-refractivity contribution in [1.29, 1.82) is 0 Å². The molecule has 2 unspecified atom stereocenters. The predicted octanol–water partition coefficient (Wildman–Crippen LogP) is 1.96. The second-order valence-corrected chi connectivity index (χ2v) is 5.00. The zero-order valence-electron chi connectivity index (χ0n) is 10.2. The van der Waals surface area contributed by atoms with Crippen molar-refractivity contribution in [1.82, 2.24) is 5.32 Å². The molecule has 88 valence electrons. The molecule has 2 atom stereocenters. The fourth-order valence-electron chi connectivity index (χ4n) is 2.34. The Morgan fingerprint density at radius 2 is 2.07 bits per heavy atom. The van der Waals surface area contributed by atoms with E-state index in [4.69, 9.17) is 4.74 Å². The van der Waals surface area contributed by atoms with Gasteiger partial charge in [-0.1, -0.05) is 13.8 Å². The average molecular weight is 213 g/mol. The molecular weight excluding hydrogens is 190 g/mol. The topological polar surface area (TPSA) is 38.3 Å². The van der Waals surface area contributed by atoms with Crippen molar-refractivity contribution < 1.29 is 9.53 Å². The highest BCUT2D eigenvalue weighted by Crippen LogP contribution is 2.27. The Kier molecular flexibility index (Phi) is 4.58. The molecule has 0 heterocycles. The Bertz CT molecular complexity index is 212. The van der Waals surface area contributed by atoms with Gasteiger partial charge in [-0.05, 0) is 32.1 Å². The summed E-state index contributed by atoms with van der Waals surface area (Å²) in [5.74, 6) is 0.758. The van der Waals surface area contributed by atoms with Crippen LogP contribution in [0.25, 0.3) is 0 Å². The number of ether oxygens (including phenoxy) is 1. The third kappa shape index (κ3) is 3.82. The van der Waals surface area contributed by atoms with E-state index in [1.165, 1.54) is 20.0 Å². The molecule has 0 spiro atoms. The number of nitrogens with one attached hydrogen (secondary N) is 1. The molecule has 3 nitrogen and oxygen atoms in total. The first-order valence-corrected chi connectivity index (χ1v) is 5.86. The van der Waals surface area contributed by atoms with Crippen molar-refractivity contribution in [3.63, 3.8) is 0 Å².